The third-order valence-electron chi connectivity index (χ3n) is 4.14. The highest BCUT2D eigenvalue weighted by atomic mass is 32.2. The Bertz CT molecular complexity index is 972. The van der Waals surface area contributed by atoms with E-state index in [2.05, 4.69) is 32.2 Å². The van der Waals surface area contributed by atoms with Crippen molar-refractivity contribution in [1.82, 2.24) is 15.3 Å². The number of aromatic nitrogens is 2. The fourth-order valence-corrected chi connectivity index (χ4v) is 3.91. The number of rotatable bonds is 9. The molecule has 0 atom stereocenters. The zero-order valence-corrected chi connectivity index (χ0v) is 19.0. The zero-order chi connectivity index (χ0) is 22.1. The highest BCUT2D eigenvalue weighted by molar-refractivity contribution is 7.92. The first-order valence-corrected chi connectivity index (χ1v) is 11.6. The molecule has 2 rings (SSSR count). The topological polar surface area (TPSA) is 113 Å². The van der Waals surface area contributed by atoms with Crippen molar-refractivity contribution in [3.8, 4) is 0 Å². The third-order valence-corrected chi connectivity index (χ3v) is 5.69. The predicted molar refractivity (Wildman–Crippen MR) is 122 cm³/mol. The Balaban J connectivity index is 1.93. The minimum atomic E-state index is -3.83. The van der Waals surface area contributed by atoms with E-state index in [4.69, 9.17) is 12.2 Å². The van der Waals surface area contributed by atoms with Gasteiger partial charge in [-0.1, -0.05) is 26.2 Å². The second kappa shape index (κ2) is 11.0. The lowest BCUT2D eigenvalue weighted by Crippen LogP contribution is -2.33. The Kier molecular flexibility index (Phi) is 8.67. The molecule has 0 aliphatic rings. The molecule has 1 aromatic heterocycles. The molecule has 2 aromatic rings. The summed E-state index contributed by atoms with van der Waals surface area (Å²) in [5.41, 5.74) is 1.90. The van der Waals surface area contributed by atoms with Crippen LogP contribution in [-0.4, -0.2) is 29.4 Å². The molecule has 0 saturated heterocycles. The van der Waals surface area contributed by atoms with Crippen molar-refractivity contribution in [2.45, 2.75) is 57.8 Å². The minimum absolute atomic E-state index is 0.0255. The number of carbonyl (C=O) groups excluding carboxylic acids is 1. The van der Waals surface area contributed by atoms with Crippen LogP contribution < -0.4 is 15.4 Å². The van der Waals surface area contributed by atoms with E-state index < -0.39 is 10.0 Å². The standard InChI is InChI=1S/C20H27N5O3S2/c1-4-5-6-7-8-18(26)24-20(29)23-16-9-11-17(12-10-16)30(27,28)25-19-21-14(2)13-15(3)22-19/h9-13H,4-8H2,1-3H3,(H,21,22,25)(H2,23,24,26,29). The summed E-state index contributed by atoms with van der Waals surface area (Å²) in [5, 5.41) is 5.68. The van der Waals surface area contributed by atoms with Crippen molar-refractivity contribution in [3.63, 3.8) is 0 Å². The number of carbonyl (C=O) groups is 1. The molecule has 1 aromatic carbocycles. The molecule has 10 heteroatoms. The maximum Gasteiger partial charge on any atom is 0.264 e. The predicted octanol–water partition coefficient (Wildman–Crippen LogP) is 3.68. The molecule has 0 fully saturated rings. The van der Waals surface area contributed by atoms with E-state index >= 15 is 0 Å². The van der Waals surface area contributed by atoms with Crippen LogP contribution >= 0.6 is 12.2 Å². The van der Waals surface area contributed by atoms with Gasteiger partial charge in [0.2, 0.25) is 11.9 Å². The Hall–Kier alpha value is -2.59. The largest absolute Gasteiger partial charge is 0.332 e. The van der Waals surface area contributed by atoms with Gasteiger partial charge in [0.05, 0.1) is 4.90 Å². The number of hydrogen-bond acceptors (Lipinski definition) is 6. The Labute approximate surface area is 183 Å². The van der Waals surface area contributed by atoms with Crippen molar-refractivity contribution in [3.05, 3.63) is 41.7 Å². The molecule has 3 N–H and O–H groups in total. The molecule has 0 radical (unpaired) electrons. The van der Waals surface area contributed by atoms with Crippen LogP contribution in [-0.2, 0) is 14.8 Å². The fraction of sp³-hybridized carbons (Fsp3) is 0.400. The van der Waals surface area contributed by atoms with E-state index in [0.717, 1.165) is 25.7 Å². The van der Waals surface area contributed by atoms with Crippen molar-refractivity contribution in [2.24, 2.45) is 0 Å². The Morgan fingerprint density at radius 2 is 1.67 bits per heavy atom. The van der Waals surface area contributed by atoms with Gasteiger partial charge in [0.15, 0.2) is 5.11 Å². The molecule has 30 heavy (non-hydrogen) atoms. The van der Waals surface area contributed by atoms with E-state index in [0.29, 0.717) is 23.5 Å². The number of benzene rings is 1. The van der Waals surface area contributed by atoms with Crippen LogP contribution in [0.3, 0.4) is 0 Å². The molecular weight excluding hydrogens is 422 g/mol. The van der Waals surface area contributed by atoms with Crippen LogP contribution in [0, 0.1) is 13.8 Å². The summed E-state index contributed by atoms with van der Waals surface area (Å²) < 4.78 is 27.5. The number of hydrogen-bond donors (Lipinski definition) is 3. The molecule has 8 nitrogen and oxygen atoms in total. The summed E-state index contributed by atoms with van der Waals surface area (Å²) in [6.45, 7) is 5.64. The van der Waals surface area contributed by atoms with Gasteiger partial charge in [0, 0.05) is 23.5 Å². The van der Waals surface area contributed by atoms with Gasteiger partial charge in [-0.3, -0.25) is 4.79 Å². The van der Waals surface area contributed by atoms with Crippen molar-refractivity contribution in [1.29, 1.82) is 0 Å². The lowest BCUT2D eigenvalue weighted by molar-refractivity contribution is -0.119. The number of thiocarbonyl (C=S) groups is 1. The maximum atomic E-state index is 12.6. The first-order chi connectivity index (χ1) is 14.2. The lowest BCUT2D eigenvalue weighted by atomic mass is 10.1. The van der Waals surface area contributed by atoms with Crippen LogP contribution in [0.5, 0.6) is 0 Å². The summed E-state index contributed by atoms with van der Waals surface area (Å²) in [6.07, 6.45) is 4.48. The summed E-state index contributed by atoms with van der Waals surface area (Å²) in [5.74, 6) is -0.113. The quantitative estimate of drug-likeness (QED) is 0.395. The fourth-order valence-electron chi connectivity index (χ4n) is 2.73. The van der Waals surface area contributed by atoms with Gasteiger partial charge in [-0.25, -0.2) is 23.1 Å². The third kappa shape index (κ3) is 7.68. The smallest absolute Gasteiger partial charge is 0.264 e. The van der Waals surface area contributed by atoms with Gasteiger partial charge >= 0.3 is 0 Å². The number of aryl methyl sites for hydroxylation is 2. The Morgan fingerprint density at radius 1 is 1.03 bits per heavy atom. The van der Waals surface area contributed by atoms with E-state index in [-0.39, 0.29) is 21.9 Å². The molecule has 0 bridgehead atoms. The van der Waals surface area contributed by atoms with Gasteiger partial charge in [-0.2, -0.15) is 0 Å². The molecule has 0 unspecified atom stereocenters. The van der Waals surface area contributed by atoms with Gasteiger partial charge < -0.3 is 10.6 Å². The summed E-state index contributed by atoms with van der Waals surface area (Å²) >= 11 is 5.14. The van der Waals surface area contributed by atoms with Crippen molar-refractivity contribution < 1.29 is 13.2 Å². The van der Waals surface area contributed by atoms with Gasteiger partial charge in [0.25, 0.3) is 10.0 Å². The van der Waals surface area contributed by atoms with E-state index in [1.807, 2.05) is 0 Å². The number of sulfonamides is 1. The van der Waals surface area contributed by atoms with Crippen molar-refractivity contribution in [2.75, 3.05) is 10.0 Å². The highest BCUT2D eigenvalue weighted by Gasteiger charge is 2.16. The molecule has 0 aliphatic carbocycles. The van der Waals surface area contributed by atoms with E-state index in [1.165, 1.54) is 12.1 Å². The second-order valence-corrected chi connectivity index (χ2v) is 9.01. The summed E-state index contributed by atoms with van der Waals surface area (Å²) in [4.78, 5) is 20.1. The van der Waals surface area contributed by atoms with Gasteiger partial charge in [-0.15, -0.1) is 0 Å². The van der Waals surface area contributed by atoms with Gasteiger partial charge in [0.1, 0.15) is 0 Å². The van der Waals surface area contributed by atoms with Crippen LogP contribution in [0.25, 0.3) is 0 Å². The molecule has 162 valence electrons. The Morgan fingerprint density at radius 3 is 2.27 bits per heavy atom. The number of nitrogens with one attached hydrogen (secondary N) is 3. The van der Waals surface area contributed by atoms with Gasteiger partial charge in [-0.05, 0) is 62.8 Å². The van der Waals surface area contributed by atoms with Crippen LogP contribution in [0.4, 0.5) is 11.6 Å². The number of anilines is 2. The highest BCUT2D eigenvalue weighted by Crippen LogP contribution is 2.17. The number of amides is 1. The lowest BCUT2D eigenvalue weighted by Gasteiger charge is -2.11. The molecule has 1 heterocycles. The van der Waals surface area contributed by atoms with Crippen LogP contribution in [0.2, 0.25) is 0 Å². The molecule has 0 saturated carbocycles. The zero-order valence-electron chi connectivity index (χ0n) is 17.4. The molecular formula is C20H27N5O3S2. The number of unbranched alkanes of at least 4 members (excludes halogenated alkanes) is 3. The molecule has 1 amide bonds. The maximum absolute atomic E-state index is 12.6. The average Bonchev–Trinajstić information content (AvgIpc) is 2.64. The summed E-state index contributed by atoms with van der Waals surface area (Å²) in [6, 6.07) is 7.75. The monoisotopic (exact) mass is 449 g/mol. The van der Waals surface area contributed by atoms with Crippen molar-refractivity contribution >= 4 is 44.9 Å². The first-order valence-electron chi connectivity index (χ1n) is 9.75. The minimum Gasteiger partial charge on any atom is -0.332 e. The van der Waals surface area contributed by atoms with E-state index in [1.54, 1.807) is 32.0 Å². The number of nitrogens with zero attached hydrogens (tertiary/aromatic N) is 2. The average molecular weight is 450 g/mol. The molecule has 0 spiro atoms. The normalized spacial score (nSPS) is 11.0. The van der Waals surface area contributed by atoms with Crippen LogP contribution in [0.15, 0.2) is 35.2 Å². The molecule has 0 aliphatic heterocycles. The summed E-state index contributed by atoms with van der Waals surface area (Å²) in [7, 11) is -3.83. The van der Waals surface area contributed by atoms with E-state index in [9.17, 15) is 13.2 Å². The second-order valence-electron chi connectivity index (χ2n) is 6.92. The van der Waals surface area contributed by atoms with Crippen LogP contribution in [0.1, 0.15) is 50.4 Å². The SMILES string of the molecule is CCCCCCC(=O)NC(=S)Nc1ccc(S(=O)(=O)Nc2nc(C)cc(C)n2)cc1. The first kappa shape index (κ1) is 23.7.